The first-order chi connectivity index (χ1) is 7.11. The predicted molar refractivity (Wildman–Crippen MR) is 57.5 cm³/mol. The van der Waals surface area contributed by atoms with Gasteiger partial charge in [-0.2, -0.15) is 0 Å². The van der Waals surface area contributed by atoms with Crippen LogP contribution in [0.15, 0.2) is 18.2 Å². The number of nitrogens with zero attached hydrogens (tertiary/aromatic N) is 1. The van der Waals surface area contributed by atoms with Crippen LogP contribution in [0.2, 0.25) is 0 Å². The van der Waals surface area contributed by atoms with Gasteiger partial charge < -0.3 is 10.2 Å². The predicted octanol–water partition coefficient (Wildman–Crippen LogP) is 1.99. The van der Waals surface area contributed by atoms with Crippen LogP contribution in [-0.4, -0.2) is 18.5 Å². The Morgan fingerprint density at radius 3 is 2.87 bits per heavy atom. The van der Waals surface area contributed by atoms with Gasteiger partial charge in [0.15, 0.2) is 0 Å². The van der Waals surface area contributed by atoms with Gasteiger partial charge in [0.1, 0.15) is 5.82 Å². The number of benzene rings is 1. The Morgan fingerprint density at radius 1 is 1.47 bits per heavy atom. The van der Waals surface area contributed by atoms with Crippen LogP contribution in [0.1, 0.15) is 13.8 Å². The Morgan fingerprint density at radius 2 is 2.20 bits per heavy atom. The molecule has 0 aromatic heterocycles. The van der Waals surface area contributed by atoms with Gasteiger partial charge in [-0.25, -0.2) is 4.39 Å². The number of rotatable bonds is 1. The molecule has 0 saturated heterocycles. The van der Waals surface area contributed by atoms with E-state index >= 15 is 0 Å². The van der Waals surface area contributed by atoms with E-state index in [2.05, 4.69) is 5.32 Å². The Hall–Kier alpha value is -1.58. The van der Waals surface area contributed by atoms with Crippen molar-refractivity contribution < 1.29 is 9.18 Å². The van der Waals surface area contributed by atoms with Crippen molar-refractivity contribution in [2.45, 2.75) is 19.9 Å². The van der Waals surface area contributed by atoms with Crippen molar-refractivity contribution in [2.75, 3.05) is 16.8 Å². The maximum absolute atomic E-state index is 13.4. The van der Waals surface area contributed by atoms with Crippen molar-refractivity contribution in [1.29, 1.82) is 0 Å². The molecule has 1 heterocycles. The highest BCUT2D eigenvalue weighted by atomic mass is 19.1. The molecule has 4 heteroatoms. The Kier molecular flexibility index (Phi) is 2.34. The number of anilines is 2. The summed E-state index contributed by atoms with van der Waals surface area (Å²) in [6.07, 6.45) is 0. The van der Waals surface area contributed by atoms with Gasteiger partial charge in [0.25, 0.3) is 0 Å². The largest absolute Gasteiger partial charge is 0.372 e. The summed E-state index contributed by atoms with van der Waals surface area (Å²) in [7, 11) is 0. The lowest BCUT2D eigenvalue weighted by molar-refractivity contribution is -0.117. The SMILES string of the molecule is CC(C)N1C(=O)CNc2c(F)cccc21. The van der Waals surface area contributed by atoms with E-state index in [1.54, 1.807) is 17.0 Å². The van der Waals surface area contributed by atoms with Gasteiger partial charge in [-0.3, -0.25) is 4.79 Å². The van der Waals surface area contributed by atoms with Gasteiger partial charge in [-0.05, 0) is 26.0 Å². The number of halogens is 1. The molecule has 0 spiro atoms. The third kappa shape index (κ3) is 1.56. The first-order valence-electron chi connectivity index (χ1n) is 4.95. The molecule has 0 unspecified atom stereocenters. The van der Waals surface area contributed by atoms with Crippen LogP contribution in [0.25, 0.3) is 0 Å². The van der Waals surface area contributed by atoms with Gasteiger partial charge >= 0.3 is 0 Å². The molecule has 1 aliphatic heterocycles. The van der Waals surface area contributed by atoms with Crippen LogP contribution >= 0.6 is 0 Å². The average molecular weight is 208 g/mol. The van der Waals surface area contributed by atoms with Crippen LogP contribution in [0, 0.1) is 5.82 Å². The Balaban J connectivity index is 2.53. The molecule has 0 atom stereocenters. The number of carbonyl (C=O) groups is 1. The minimum atomic E-state index is -0.314. The normalized spacial score (nSPS) is 15.2. The minimum Gasteiger partial charge on any atom is -0.372 e. The zero-order valence-corrected chi connectivity index (χ0v) is 8.75. The van der Waals surface area contributed by atoms with Crippen molar-refractivity contribution in [3.05, 3.63) is 24.0 Å². The fourth-order valence-electron chi connectivity index (χ4n) is 1.84. The van der Waals surface area contributed by atoms with Crippen LogP contribution in [0.3, 0.4) is 0 Å². The summed E-state index contributed by atoms with van der Waals surface area (Å²) in [6.45, 7) is 3.99. The molecule has 0 aliphatic carbocycles. The maximum Gasteiger partial charge on any atom is 0.246 e. The zero-order valence-electron chi connectivity index (χ0n) is 8.75. The van der Waals surface area contributed by atoms with Crippen molar-refractivity contribution in [3.63, 3.8) is 0 Å². The fourth-order valence-corrected chi connectivity index (χ4v) is 1.84. The van der Waals surface area contributed by atoms with Gasteiger partial charge in [0.2, 0.25) is 5.91 Å². The van der Waals surface area contributed by atoms with Gasteiger partial charge in [0, 0.05) is 6.04 Å². The summed E-state index contributed by atoms with van der Waals surface area (Å²) in [5.74, 6) is -0.339. The molecule has 2 rings (SSSR count). The van der Waals surface area contributed by atoms with E-state index in [-0.39, 0.29) is 24.3 Å². The summed E-state index contributed by atoms with van der Waals surface area (Å²) in [4.78, 5) is 13.3. The molecule has 1 aromatic carbocycles. The highest BCUT2D eigenvalue weighted by molar-refractivity contribution is 6.03. The third-order valence-corrected chi connectivity index (χ3v) is 2.45. The molecule has 1 aromatic rings. The average Bonchev–Trinajstić information content (AvgIpc) is 2.17. The Labute approximate surface area is 87.9 Å². The fraction of sp³-hybridized carbons (Fsp3) is 0.364. The maximum atomic E-state index is 13.4. The van der Waals surface area contributed by atoms with E-state index in [0.717, 1.165) is 0 Å². The number of para-hydroxylation sites is 1. The second-order valence-electron chi connectivity index (χ2n) is 3.85. The van der Waals surface area contributed by atoms with Crippen LogP contribution in [-0.2, 0) is 4.79 Å². The first kappa shape index (κ1) is 9.96. The van der Waals surface area contributed by atoms with E-state index in [9.17, 15) is 9.18 Å². The summed E-state index contributed by atoms with van der Waals surface area (Å²) >= 11 is 0. The number of hydrogen-bond donors (Lipinski definition) is 1. The lowest BCUT2D eigenvalue weighted by Gasteiger charge is -2.33. The second-order valence-corrected chi connectivity index (χ2v) is 3.85. The second kappa shape index (κ2) is 3.53. The summed E-state index contributed by atoms with van der Waals surface area (Å²) < 4.78 is 13.4. The molecular weight excluding hydrogens is 195 g/mol. The van der Waals surface area contributed by atoms with Gasteiger partial charge in [-0.1, -0.05) is 6.07 Å². The molecule has 0 saturated carbocycles. The van der Waals surface area contributed by atoms with Crippen LogP contribution in [0.5, 0.6) is 0 Å². The summed E-state index contributed by atoms with van der Waals surface area (Å²) in [5, 5.41) is 2.80. The topological polar surface area (TPSA) is 32.3 Å². The van der Waals surface area contributed by atoms with Gasteiger partial charge in [0.05, 0.1) is 17.9 Å². The molecule has 3 nitrogen and oxygen atoms in total. The number of hydrogen-bond acceptors (Lipinski definition) is 2. The standard InChI is InChI=1S/C11H13FN2O/c1-7(2)14-9-5-3-4-8(12)11(9)13-6-10(14)15/h3-5,7,13H,6H2,1-2H3. The number of nitrogens with one attached hydrogen (secondary N) is 1. The third-order valence-electron chi connectivity index (χ3n) is 2.45. The smallest absolute Gasteiger partial charge is 0.246 e. The molecular formula is C11H13FN2O. The Bertz CT molecular complexity index is 404. The molecule has 80 valence electrons. The van der Waals surface area contributed by atoms with Crippen molar-refractivity contribution in [3.8, 4) is 0 Å². The summed E-state index contributed by atoms with van der Waals surface area (Å²) in [5.41, 5.74) is 1.05. The van der Waals surface area contributed by atoms with Crippen molar-refractivity contribution in [1.82, 2.24) is 0 Å². The number of amides is 1. The minimum absolute atomic E-state index is 0.0249. The zero-order chi connectivity index (χ0) is 11.0. The molecule has 1 aliphatic rings. The number of fused-ring (bicyclic) bond motifs is 1. The summed E-state index contributed by atoms with van der Waals surface area (Å²) in [6, 6.07) is 4.80. The molecule has 0 radical (unpaired) electrons. The molecule has 0 bridgehead atoms. The monoisotopic (exact) mass is 208 g/mol. The quantitative estimate of drug-likeness (QED) is 0.765. The molecule has 15 heavy (non-hydrogen) atoms. The molecule has 1 amide bonds. The van der Waals surface area contributed by atoms with Crippen molar-refractivity contribution >= 4 is 17.3 Å². The van der Waals surface area contributed by atoms with Crippen LogP contribution in [0.4, 0.5) is 15.8 Å². The van der Waals surface area contributed by atoms with Gasteiger partial charge in [-0.15, -0.1) is 0 Å². The van der Waals surface area contributed by atoms with E-state index in [1.807, 2.05) is 13.8 Å². The highest BCUT2D eigenvalue weighted by Gasteiger charge is 2.27. The van der Waals surface area contributed by atoms with E-state index < -0.39 is 0 Å². The van der Waals surface area contributed by atoms with Crippen molar-refractivity contribution in [2.24, 2.45) is 0 Å². The number of carbonyl (C=O) groups excluding carboxylic acids is 1. The highest BCUT2D eigenvalue weighted by Crippen LogP contribution is 2.32. The molecule has 1 N–H and O–H groups in total. The molecule has 0 fully saturated rings. The van der Waals surface area contributed by atoms with E-state index in [0.29, 0.717) is 11.4 Å². The lowest BCUT2D eigenvalue weighted by Crippen LogP contribution is -2.44. The van der Waals surface area contributed by atoms with Crippen LogP contribution < -0.4 is 10.2 Å². The first-order valence-corrected chi connectivity index (χ1v) is 4.95. The van der Waals surface area contributed by atoms with E-state index in [1.165, 1.54) is 6.07 Å². The van der Waals surface area contributed by atoms with E-state index in [4.69, 9.17) is 0 Å². The lowest BCUT2D eigenvalue weighted by atomic mass is 10.1.